The summed E-state index contributed by atoms with van der Waals surface area (Å²) < 4.78 is 27.5. The first-order valence-electron chi connectivity index (χ1n) is 19.3. The summed E-state index contributed by atoms with van der Waals surface area (Å²) in [5.74, 6) is 0.477. The van der Waals surface area contributed by atoms with E-state index in [-0.39, 0.29) is 18.7 Å². The molecule has 1 aliphatic rings. The molecule has 1 amide bonds. The Morgan fingerprint density at radius 3 is 2.45 bits per heavy atom. The second-order valence-electron chi connectivity index (χ2n) is 15.0. The summed E-state index contributed by atoms with van der Waals surface area (Å²) in [5.41, 5.74) is 5.91. The van der Waals surface area contributed by atoms with Crippen LogP contribution >= 0.6 is 15.9 Å². The second-order valence-corrected chi connectivity index (χ2v) is 15.6. The number of alkyl halides is 1. The average molecular weight is 817 g/mol. The third-order valence-electron chi connectivity index (χ3n) is 9.93. The zero-order valence-electron chi connectivity index (χ0n) is 33.0. The van der Waals surface area contributed by atoms with Gasteiger partial charge in [-0.3, -0.25) is 9.58 Å². The summed E-state index contributed by atoms with van der Waals surface area (Å²) in [6.07, 6.45) is 1.49. The molecule has 0 saturated carbocycles. The Morgan fingerprint density at radius 1 is 0.982 bits per heavy atom. The summed E-state index contributed by atoms with van der Waals surface area (Å²) in [4.78, 5) is 31.0. The van der Waals surface area contributed by atoms with Crippen LogP contribution < -0.4 is 4.74 Å². The first-order chi connectivity index (χ1) is 26.5. The zero-order chi connectivity index (χ0) is 39.1. The highest BCUT2D eigenvalue weighted by atomic mass is 79.9. The number of aromatic nitrogens is 3. The summed E-state index contributed by atoms with van der Waals surface area (Å²) in [7, 11) is 3.73. The Kier molecular flexibility index (Phi) is 13.2. The largest absolute Gasteiger partial charge is 0.493 e. The smallest absolute Gasteiger partial charge is 0.410 e. The van der Waals surface area contributed by atoms with Crippen LogP contribution in [0.25, 0.3) is 32.8 Å². The van der Waals surface area contributed by atoms with Gasteiger partial charge in [-0.2, -0.15) is 5.10 Å². The molecule has 3 heterocycles. The van der Waals surface area contributed by atoms with Crippen LogP contribution in [0.5, 0.6) is 5.75 Å². The van der Waals surface area contributed by atoms with Crippen LogP contribution in [-0.4, -0.2) is 94.9 Å². The van der Waals surface area contributed by atoms with Crippen LogP contribution in [0, 0.1) is 0 Å². The van der Waals surface area contributed by atoms with Crippen molar-refractivity contribution in [1.29, 1.82) is 0 Å². The van der Waals surface area contributed by atoms with Crippen molar-refractivity contribution in [2.24, 2.45) is 7.05 Å². The first kappa shape index (κ1) is 40.3. The Bertz CT molecular complexity index is 2110. The number of esters is 1. The minimum absolute atomic E-state index is 0.248. The number of amides is 1. The highest BCUT2D eigenvalue weighted by Crippen LogP contribution is 2.40. The van der Waals surface area contributed by atoms with Gasteiger partial charge in [0.1, 0.15) is 17.0 Å². The number of aryl methyl sites for hydroxylation is 3. The van der Waals surface area contributed by atoms with Crippen molar-refractivity contribution in [2.45, 2.75) is 71.0 Å². The Labute approximate surface area is 332 Å². The van der Waals surface area contributed by atoms with Crippen LogP contribution in [0.4, 0.5) is 4.79 Å². The standard InChI is InChI=1S/C43H54BrN5O6/c1-7-53-41(50)40-33(19-12-25-54-37-20-10-15-30-14-8-9-16-31(30)37)32-17-11-18-34(39(32)49(40)22-13-21-46(5)42(51)55-43(2,3)4)38-35(45-47(6)36(38)28-44)29-48-23-26-52-27-24-48/h8-11,14-18,20H,7,12-13,19,21-29H2,1-6H3. The van der Waals surface area contributed by atoms with Crippen LogP contribution in [-0.2, 0) is 46.1 Å². The fraction of sp³-hybridized carbons (Fsp3) is 0.465. The maximum atomic E-state index is 14.1. The minimum atomic E-state index is -0.601. The minimum Gasteiger partial charge on any atom is -0.493 e. The van der Waals surface area contributed by atoms with Crippen LogP contribution in [0.3, 0.4) is 0 Å². The number of para-hydroxylation sites is 1. The van der Waals surface area contributed by atoms with E-state index in [0.717, 1.165) is 68.6 Å². The molecule has 0 unspecified atom stereocenters. The van der Waals surface area contributed by atoms with Gasteiger partial charge in [-0.25, -0.2) is 9.59 Å². The molecular formula is C43H54BrN5O6. The number of fused-ring (bicyclic) bond motifs is 2. The number of benzene rings is 3. The second kappa shape index (κ2) is 18.0. The molecular weight excluding hydrogens is 762 g/mol. The van der Waals surface area contributed by atoms with E-state index >= 15 is 0 Å². The summed E-state index contributed by atoms with van der Waals surface area (Å²) in [5, 5.41) is 8.86. The Balaban J connectivity index is 1.42. The number of carbonyl (C=O) groups is 2. The summed E-state index contributed by atoms with van der Waals surface area (Å²) >= 11 is 3.77. The number of halogens is 1. The molecule has 2 aromatic heterocycles. The van der Waals surface area contributed by atoms with E-state index in [1.807, 2.05) is 63.7 Å². The molecule has 0 aliphatic carbocycles. The zero-order valence-corrected chi connectivity index (χ0v) is 34.6. The molecule has 11 nitrogen and oxygen atoms in total. The maximum absolute atomic E-state index is 14.1. The van der Waals surface area contributed by atoms with E-state index in [1.54, 1.807) is 11.9 Å². The van der Waals surface area contributed by atoms with E-state index in [2.05, 4.69) is 61.8 Å². The van der Waals surface area contributed by atoms with Gasteiger partial charge >= 0.3 is 12.1 Å². The van der Waals surface area contributed by atoms with Gasteiger partial charge in [0.25, 0.3) is 0 Å². The van der Waals surface area contributed by atoms with Gasteiger partial charge in [0, 0.05) is 74.0 Å². The topological polar surface area (TPSA) is 100 Å². The van der Waals surface area contributed by atoms with Gasteiger partial charge in [0.2, 0.25) is 0 Å². The molecule has 6 rings (SSSR count). The van der Waals surface area contributed by atoms with Crippen molar-refractivity contribution in [3.8, 4) is 16.9 Å². The Hall–Kier alpha value is -4.39. The quantitative estimate of drug-likeness (QED) is 0.0591. The highest BCUT2D eigenvalue weighted by Gasteiger charge is 2.29. The molecule has 12 heteroatoms. The van der Waals surface area contributed by atoms with Crippen molar-refractivity contribution in [3.05, 3.63) is 83.3 Å². The number of hydrogen-bond acceptors (Lipinski definition) is 8. The lowest BCUT2D eigenvalue weighted by Gasteiger charge is -2.26. The van der Waals surface area contributed by atoms with Gasteiger partial charge in [-0.1, -0.05) is 70.5 Å². The lowest BCUT2D eigenvalue weighted by molar-refractivity contribution is 0.0294. The van der Waals surface area contributed by atoms with Crippen LogP contribution in [0.15, 0.2) is 60.7 Å². The highest BCUT2D eigenvalue weighted by molar-refractivity contribution is 9.08. The third-order valence-corrected chi connectivity index (χ3v) is 10.5. The fourth-order valence-electron chi connectivity index (χ4n) is 7.41. The molecule has 0 N–H and O–H groups in total. The van der Waals surface area contributed by atoms with Crippen molar-refractivity contribution in [2.75, 3.05) is 53.1 Å². The molecule has 5 aromatic rings. The maximum Gasteiger partial charge on any atom is 0.410 e. The molecule has 0 bridgehead atoms. The van der Waals surface area contributed by atoms with E-state index in [1.165, 1.54) is 0 Å². The van der Waals surface area contributed by atoms with E-state index in [9.17, 15) is 9.59 Å². The molecule has 3 aromatic carbocycles. The van der Waals surface area contributed by atoms with Crippen LogP contribution in [0.2, 0.25) is 0 Å². The monoisotopic (exact) mass is 815 g/mol. The number of ether oxygens (including phenoxy) is 4. The predicted molar refractivity (Wildman–Crippen MR) is 220 cm³/mol. The van der Waals surface area contributed by atoms with Crippen molar-refractivity contribution in [1.82, 2.24) is 24.1 Å². The molecule has 294 valence electrons. The van der Waals surface area contributed by atoms with Gasteiger partial charge in [0.15, 0.2) is 0 Å². The lowest BCUT2D eigenvalue weighted by Crippen LogP contribution is -2.35. The summed E-state index contributed by atoms with van der Waals surface area (Å²) in [6, 6.07) is 20.6. The van der Waals surface area contributed by atoms with Gasteiger partial charge in [0.05, 0.1) is 43.3 Å². The van der Waals surface area contributed by atoms with Gasteiger partial charge in [-0.05, 0) is 64.0 Å². The average Bonchev–Trinajstić information content (AvgIpc) is 3.65. The number of rotatable bonds is 15. The van der Waals surface area contributed by atoms with Crippen molar-refractivity contribution in [3.63, 3.8) is 0 Å². The fourth-order valence-corrected chi connectivity index (χ4v) is 8.05. The number of morpholine rings is 1. The van der Waals surface area contributed by atoms with Crippen molar-refractivity contribution >= 4 is 49.7 Å². The molecule has 1 saturated heterocycles. The number of nitrogens with zero attached hydrogens (tertiary/aromatic N) is 5. The van der Waals surface area contributed by atoms with Gasteiger partial charge < -0.3 is 28.4 Å². The molecule has 0 atom stereocenters. The normalized spacial score (nSPS) is 13.7. The third kappa shape index (κ3) is 9.36. The molecule has 0 radical (unpaired) electrons. The first-order valence-corrected chi connectivity index (χ1v) is 20.4. The Morgan fingerprint density at radius 2 is 1.71 bits per heavy atom. The summed E-state index contributed by atoms with van der Waals surface area (Å²) in [6.45, 7) is 12.8. The van der Waals surface area contributed by atoms with Crippen LogP contribution in [0.1, 0.15) is 68.0 Å². The SMILES string of the molecule is CCOC(=O)c1c(CCCOc2cccc3ccccc23)c2cccc(-c3c(CN4CCOCC4)nn(C)c3CBr)c2n1CCCN(C)C(=O)OC(C)(C)C. The predicted octanol–water partition coefficient (Wildman–Crippen LogP) is 8.37. The number of hydrogen-bond donors (Lipinski definition) is 0. The van der Waals surface area contributed by atoms with Crippen molar-refractivity contribution < 1.29 is 28.5 Å². The van der Waals surface area contributed by atoms with E-state index in [4.69, 9.17) is 24.0 Å². The molecule has 55 heavy (non-hydrogen) atoms. The lowest BCUT2D eigenvalue weighted by atomic mass is 9.98. The van der Waals surface area contributed by atoms with Gasteiger partial charge in [-0.15, -0.1) is 0 Å². The molecule has 1 fully saturated rings. The molecule has 1 aliphatic heterocycles. The van der Waals surface area contributed by atoms with E-state index in [0.29, 0.717) is 69.7 Å². The number of carbonyl (C=O) groups excluding carboxylic acids is 2. The van der Waals surface area contributed by atoms with E-state index < -0.39 is 5.60 Å². The molecule has 0 spiro atoms.